The van der Waals surface area contributed by atoms with Crippen molar-refractivity contribution in [2.24, 2.45) is 0 Å². The van der Waals surface area contributed by atoms with Gasteiger partial charge >= 0.3 is 6.03 Å². The SMILES string of the molecule is Cc1nc(CNC(=O)N2C[C@H](O)C[C@@H]2c2cc(F)ccc2F)sc1C. The van der Waals surface area contributed by atoms with Crippen molar-refractivity contribution in [1.29, 1.82) is 0 Å². The largest absolute Gasteiger partial charge is 0.391 e. The van der Waals surface area contributed by atoms with Gasteiger partial charge in [-0.2, -0.15) is 0 Å². The molecular weight excluding hydrogens is 348 g/mol. The second-order valence-electron chi connectivity index (χ2n) is 6.13. The average Bonchev–Trinajstić information content (AvgIpc) is 3.10. The zero-order valence-corrected chi connectivity index (χ0v) is 14.7. The number of carbonyl (C=O) groups excluding carboxylic acids is 1. The number of benzene rings is 1. The molecule has 25 heavy (non-hydrogen) atoms. The van der Waals surface area contributed by atoms with Gasteiger partial charge in [-0.1, -0.05) is 0 Å². The Morgan fingerprint density at radius 3 is 2.88 bits per heavy atom. The Labute approximate surface area is 148 Å². The number of amides is 2. The van der Waals surface area contributed by atoms with Crippen LogP contribution in [0.3, 0.4) is 0 Å². The number of hydrogen-bond acceptors (Lipinski definition) is 4. The third-order valence-corrected chi connectivity index (χ3v) is 5.39. The molecule has 2 N–H and O–H groups in total. The van der Waals surface area contributed by atoms with Crippen LogP contribution in [0.15, 0.2) is 18.2 Å². The fourth-order valence-electron chi connectivity index (χ4n) is 2.97. The number of aromatic nitrogens is 1. The summed E-state index contributed by atoms with van der Waals surface area (Å²) in [4.78, 5) is 19.3. The summed E-state index contributed by atoms with van der Waals surface area (Å²) in [6.07, 6.45) is -0.605. The highest BCUT2D eigenvalue weighted by molar-refractivity contribution is 7.11. The number of hydrogen-bond donors (Lipinski definition) is 2. The number of rotatable bonds is 3. The molecule has 3 rings (SSSR count). The third kappa shape index (κ3) is 3.80. The normalized spacial score (nSPS) is 20.1. The molecule has 2 aromatic rings. The molecular formula is C17H19F2N3O2S. The summed E-state index contributed by atoms with van der Waals surface area (Å²) in [5.41, 5.74) is 0.998. The fraction of sp³-hybridized carbons (Fsp3) is 0.412. The predicted octanol–water partition coefficient (Wildman–Crippen LogP) is 3.06. The molecule has 0 spiro atoms. The second kappa shape index (κ2) is 7.05. The van der Waals surface area contributed by atoms with E-state index in [4.69, 9.17) is 0 Å². The molecule has 0 radical (unpaired) electrons. The van der Waals surface area contributed by atoms with Crippen LogP contribution < -0.4 is 5.32 Å². The molecule has 2 atom stereocenters. The van der Waals surface area contributed by atoms with Crippen LogP contribution in [-0.4, -0.2) is 33.7 Å². The van der Waals surface area contributed by atoms with E-state index in [-0.39, 0.29) is 25.1 Å². The van der Waals surface area contributed by atoms with Gasteiger partial charge in [0.2, 0.25) is 0 Å². The first-order valence-corrected chi connectivity index (χ1v) is 8.77. The molecule has 0 saturated carbocycles. The summed E-state index contributed by atoms with van der Waals surface area (Å²) in [7, 11) is 0. The summed E-state index contributed by atoms with van der Waals surface area (Å²) in [5, 5.41) is 13.4. The van der Waals surface area contributed by atoms with Crippen molar-refractivity contribution in [1.82, 2.24) is 15.2 Å². The van der Waals surface area contributed by atoms with Crippen LogP contribution in [0.2, 0.25) is 0 Å². The molecule has 134 valence electrons. The number of urea groups is 1. The lowest BCUT2D eigenvalue weighted by molar-refractivity contribution is 0.169. The van der Waals surface area contributed by atoms with E-state index >= 15 is 0 Å². The van der Waals surface area contributed by atoms with Crippen LogP contribution in [0, 0.1) is 25.5 Å². The Kier molecular flexibility index (Phi) is 5.01. The first-order chi connectivity index (χ1) is 11.8. The van der Waals surface area contributed by atoms with E-state index in [0.29, 0.717) is 0 Å². The van der Waals surface area contributed by atoms with Gasteiger partial charge in [-0.25, -0.2) is 18.6 Å². The monoisotopic (exact) mass is 367 g/mol. The van der Waals surface area contributed by atoms with Gasteiger partial charge in [0.1, 0.15) is 16.6 Å². The van der Waals surface area contributed by atoms with Gasteiger partial charge in [-0.15, -0.1) is 11.3 Å². The van der Waals surface area contributed by atoms with Crippen LogP contribution in [-0.2, 0) is 6.54 Å². The highest BCUT2D eigenvalue weighted by Gasteiger charge is 2.36. The molecule has 0 aliphatic carbocycles. The summed E-state index contributed by atoms with van der Waals surface area (Å²) >= 11 is 1.50. The van der Waals surface area contributed by atoms with Crippen molar-refractivity contribution in [3.05, 3.63) is 51.0 Å². The quantitative estimate of drug-likeness (QED) is 0.876. The Bertz CT molecular complexity index is 777. The van der Waals surface area contributed by atoms with E-state index in [1.54, 1.807) is 0 Å². The third-order valence-electron chi connectivity index (χ3n) is 4.32. The lowest BCUT2D eigenvalue weighted by Gasteiger charge is -2.25. The number of halogens is 2. The Morgan fingerprint density at radius 2 is 2.20 bits per heavy atom. The van der Waals surface area contributed by atoms with Gasteiger partial charge < -0.3 is 15.3 Å². The van der Waals surface area contributed by atoms with Crippen molar-refractivity contribution in [2.75, 3.05) is 6.54 Å². The molecule has 1 aromatic heterocycles. The van der Waals surface area contributed by atoms with Crippen LogP contribution in [0.1, 0.15) is 33.6 Å². The first kappa shape index (κ1) is 17.8. The Balaban J connectivity index is 1.74. The van der Waals surface area contributed by atoms with Gasteiger partial charge in [-0.3, -0.25) is 0 Å². The highest BCUT2D eigenvalue weighted by Crippen LogP contribution is 2.34. The van der Waals surface area contributed by atoms with Gasteiger partial charge in [0, 0.05) is 17.0 Å². The topological polar surface area (TPSA) is 65.5 Å². The Morgan fingerprint density at radius 1 is 1.44 bits per heavy atom. The van der Waals surface area contributed by atoms with Gasteiger partial charge in [0.25, 0.3) is 0 Å². The fourth-order valence-corrected chi connectivity index (χ4v) is 3.84. The molecule has 8 heteroatoms. The summed E-state index contributed by atoms with van der Waals surface area (Å²) in [6.45, 7) is 4.18. The van der Waals surface area contributed by atoms with Crippen molar-refractivity contribution in [2.45, 2.75) is 39.0 Å². The first-order valence-electron chi connectivity index (χ1n) is 7.95. The van der Waals surface area contributed by atoms with Crippen molar-refractivity contribution >= 4 is 17.4 Å². The van der Waals surface area contributed by atoms with E-state index in [9.17, 15) is 18.7 Å². The van der Waals surface area contributed by atoms with Crippen LogP contribution >= 0.6 is 11.3 Å². The molecule has 2 heterocycles. The van der Waals surface area contributed by atoms with Crippen molar-refractivity contribution < 1.29 is 18.7 Å². The number of likely N-dealkylation sites (tertiary alicyclic amines) is 1. The van der Waals surface area contributed by atoms with E-state index < -0.39 is 29.8 Å². The molecule has 1 saturated heterocycles. The standard InChI is InChI=1S/C17H19F2N3O2S/c1-9-10(2)25-16(21-9)7-20-17(24)22-8-12(23)6-15(22)13-5-11(18)3-4-14(13)19/h3-5,12,15,23H,6-8H2,1-2H3,(H,20,24)/t12-,15-/m1/s1. The maximum absolute atomic E-state index is 14.1. The average molecular weight is 367 g/mol. The number of aryl methyl sites for hydroxylation is 2. The summed E-state index contributed by atoms with van der Waals surface area (Å²) in [6, 6.07) is 2.00. The minimum atomic E-state index is -0.775. The molecule has 5 nitrogen and oxygen atoms in total. The van der Waals surface area contributed by atoms with Crippen molar-refractivity contribution in [3.63, 3.8) is 0 Å². The number of thiazole rings is 1. The zero-order chi connectivity index (χ0) is 18.1. The molecule has 0 unspecified atom stereocenters. The van der Waals surface area contributed by atoms with Crippen LogP contribution in [0.4, 0.5) is 13.6 Å². The minimum absolute atomic E-state index is 0.0718. The predicted molar refractivity (Wildman–Crippen MR) is 90.3 cm³/mol. The molecule has 0 bridgehead atoms. The highest BCUT2D eigenvalue weighted by atomic mass is 32.1. The van der Waals surface area contributed by atoms with E-state index in [2.05, 4.69) is 10.3 Å². The van der Waals surface area contributed by atoms with E-state index in [0.717, 1.165) is 33.8 Å². The molecule has 1 aromatic carbocycles. The summed E-state index contributed by atoms with van der Waals surface area (Å²) in [5.74, 6) is -1.17. The minimum Gasteiger partial charge on any atom is -0.391 e. The number of nitrogens with one attached hydrogen (secondary N) is 1. The lowest BCUT2D eigenvalue weighted by Crippen LogP contribution is -2.40. The number of aliphatic hydroxyl groups is 1. The van der Waals surface area contributed by atoms with Crippen LogP contribution in [0.5, 0.6) is 0 Å². The number of nitrogens with zero attached hydrogens (tertiary/aromatic N) is 2. The van der Waals surface area contributed by atoms with Crippen LogP contribution in [0.25, 0.3) is 0 Å². The Hall–Kier alpha value is -2.06. The number of aliphatic hydroxyl groups excluding tert-OH is 1. The lowest BCUT2D eigenvalue weighted by atomic mass is 10.0. The molecule has 1 aliphatic rings. The second-order valence-corrected chi connectivity index (χ2v) is 7.42. The number of β-amino-alcohol motifs (C(OH)–C–C–N with tert-alkyl or cyclic N) is 1. The maximum Gasteiger partial charge on any atom is 0.318 e. The van der Waals surface area contributed by atoms with Gasteiger partial charge in [0.15, 0.2) is 0 Å². The van der Waals surface area contributed by atoms with Crippen molar-refractivity contribution in [3.8, 4) is 0 Å². The summed E-state index contributed by atoms with van der Waals surface area (Å²) < 4.78 is 27.5. The molecule has 1 fully saturated rings. The van der Waals surface area contributed by atoms with Gasteiger partial charge in [-0.05, 0) is 38.5 Å². The molecule has 1 aliphatic heterocycles. The van der Waals surface area contributed by atoms with Gasteiger partial charge in [0.05, 0.1) is 24.4 Å². The smallest absolute Gasteiger partial charge is 0.318 e. The van der Waals surface area contributed by atoms with E-state index in [1.807, 2.05) is 13.8 Å². The number of carbonyl (C=O) groups is 1. The zero-order valence-electron chi connectivity index (χ0n) is 13.9. The molecule has 2 amide bonds. The maximum atomic E-state index is 14.1. The van der Waals surface area contributed by atoms with E-state index in [1.165, 1.54) is 16.2 Å².